The number of amides is 1. The van der Waals surface area contributed by atoms with E-state index in [1.807, 2.05) is 13.8 Å². The predicted octanol–water partition coefficient (Wildman–Crippen LogP) is 1.22. The lowest BCUT2D eigenvalue weighted by Crippen LogP contribution is -2.33. The average molecular weight is 270 g/mol. The van der Waals surface area contributed by atoms with E-state index in [1.54, 1.807) is 24.3 Å². The monoisotopic (exact) mass is 270 g/mol. The van der Waals surface area contributed by atoms with Gasteiger partial charge in [-0.3, -0.25) is 9.10 Å². The van der Waals surface area contributed by atoms with E-state index < -0.39 is 10.0 Å². The maximum atomic E-state index is 12.0. The van der Waals surface area contributed by atoms with Gasteiger partial charge in [0.25, 0.3) is 5.91 Å². The van der Waals surface area contributed by atoms with Crippen LogP contribution in [0, 0.1) is 0 Å². The highest BCUT2D eigenvalue weighted by molar-refractivity contribution is 7.92. The Morgan fingerprint density at radius 3 is 2.33 bits per heavy atom. The number of hydrogen-bond donors (Lipinski definition) is 1. The van der Waals surface area contributed by atoms with Crippen molar-refractivity contribution in [2.45, 2.75) is 19.9 Å². The first kappa shape index (κ1) is 14.5. The molecule has 0 atom stereocenters. The van der Waals surface area contributed by atoms with Crippen molar-refractivity contribution in [3.63, 3.8) is 0 Å². The van der Waals surface area contributed by atoms with Gasteiger partial charge in [-0.25, -0.2) is 8.42 Å². The molecule has 1 N–H and O–H groups in total. The molecular formula is C12H18N2O3S. The summed E-state index contributed by atoms with van der Waals surface area (Å²) < 4.78 is 24.1. The van der Waals surface area contributed by atoms with Gasteiger partial charge in [0, 0.05) is 13.1 Å². The van der Waals surface area contributed by atoms with Gasteiger partial charge in [-0.05, 0) is 26.0 Å². The van der Waals surface area contributed by atoms with E-state index in [9.17, 15) is 13.2 Å². The van der Waals surface area contributed by atoms with Gasteiger partial charge in [0.1, 0.15) is 0 Å². The van der Waals surface area contributed by atoms with Crippen LogP contribution in [0.1, 0.15) is 24.2 Å². The molecule has 0 fully saturated rings. The minimum atomic E-state index is -3.39. The summed E-state index contributed by atoms with van der Waals surface area (Å²) in [6.07, 6.45) is 1.10. The molecule has 0 aromatic heterocycles. The normalized spacial score (nSPS) is 11.4. The fraction of sp³-hybridized carbons (Fsp3) is 0.417. The van der Waals surface area contributed by atoms with Gasteiger partial charge in [-0.15, -0.1) is 0 Å². The molecule has 0 radical (unpaired) electrons. The van der Waals surface area contributed by atoms with E-state index in [-0.39, 0.29) is 11.9 Å². The number of anilines is 1. The predicted molar refractivity (Wildman–Crippen MR) is 72.3 cm³/mol. The van der Waals surface area contributed by atoms with Crippen LogP contribution < -0.4 is 9.62 Å². The third kappa shape index (κ3) is 3.46. The molecular weight excluding hydrogens is 252 g/mol. The number of carbonyl (C=O) groups excluding carboxylic acids is 1. The highest BCUT2D eigenvalue weighted by atomic mass is 32.2. The van der Waals surface area contributed by atoms with Crippen molar-refractivity contribution in [1.82, 2.24) is 5.32 Å². The van der Waals surface area contributed by atoms with E-state index >= 15 is 0 Å². The van der Waals surface area contributed by atoms with Gasteiger partial charge >= 0.3 is 0 Å². The largest absolute Gasteiger partial charge is 0.350 e. The lowest BCUT2D eigenvalue weighted by atomic mass is 10.1. The Morgan fingerprint density at radius 2 is 1.83 bits per heavy atom. The molecule has 1 rings (SSSR count). The van der Waals surface area contributed by atoms with Gasteiger partial charge < -0.3 is 5.32 Å². The maximum absolute atomic E-state index is 12.0. The third-order valence-corrected chi connectivity index (χ3v) is 3.60. The molecule has 0 saturated carbocycles. The van der Waals surface area contributed by atoms with Crippen LogP contribution in [0.2, 0.25) is 0 Å². The number of rotatable bonds is 4. The van der Waals surface area contributed by atoms with Crippen molar-refractivity contribution >= 4 is 21.6 Å². The second-order valence-corrected chi connectivity index (χ2v) is 6.39. The number of nitrogens with one attached hydrogen (secondary N) is 1. The first-order valence-corrected chi connectivity index (χ1v) is 7.42. The zero-order valence-electron chi connectivity index (χ0n) is 11.0. The van der Waals surface area contributed by atoms with Crippen molar-refractivity contribution in [3.05, 3.63) is 29.8 Å². The van der Waals surface area contributed by atoms with E-state index in [2.05, 4.69) is 5.32 Å². The molecule has 0 heterocycles. The van der Waals surface area contributed by atoms with E-state index in [0.717, 1.165) is 10.6 Å². The molecule has 0 bridgehead atoms. The molecule has 0 saturated heterocycles. The first-order chi connectivity index (χ1) is 8.23. The lowest BCUT2D eigenvalue weighted by Gasteiger charge is -2.20. The molecule has 0 aliphatic carbocycles. The quantitative estimate of drug-likeness (QED) is 0.894. The standard InChI is InChI=1S/C12H18N2O3S/c1-9(2)13-12(15)10-7-5-6-8-11(10)14(3)18(4,16)17/h5-9H,1-4H3,(H,13,15). The first-order valence-electron chi connectivity index (χ1n) is 5.57. The molecule has 0 aliphatic heterocycles. The molecule has 100 valence electrons. The minimum absolute atomic E-state index is 0.00547. The Kier molecular flexibility index (Phi) is 4.34. The molecule has 18 heavy (non-hydrogen) atoms. The van der Waals surface area contributed by atoms with Gasteiger partial charge in [-0.2, -0.15) is 0 Å². The summed E-state index contributed by atoms with van der Waals surface area (Å²) in [7, 11) is -1.96. The Balaban J connectivity index is 3.19. The van der Waals surface area contributed by atoms with Crippen molar-refractivity contribution in [3.8, 4) is 0 Å². The molecule has 1 aromatic rings. The zero-order valence-corrected chi connectivity index (χ0v) is 11.8. The number of hydrogen-bond acceptors (Lipinski definition) is 3. The topological polar surface area (TPSA) is 66.5 Å². The SMILES string of the molecule is CC(C)NC(=O)c1ccccc1N(C)S(C)(=O)=O. The summed E-state index contributed by atoms with van der Waals surface area (Å²) in [5.41, 5.74) is 0.720. The summed E-state index contributed by atoms with van der Waals surface area (Å²) in [6, 6.07) is 6.61. The Morgan fingerprint density at radius 1 is 1.28 bits per heavy atom. The van der Waals surface area contributed by atoms with Crippen molar-refractivity contribution in [2.24, 2.45) is 0 Å². The second-order valence-electron chi connectivity index (χ2n) is 4.38. The fourth-order valence-corrected chi connectivity index (χ4v) is 1.98. The highest BCUT2D eigenvalue weighted by Gasteiger charge is 2.19. The van der Waals surface area contributed by atoms with E-state index in [1.165, 1.54) is 7.05 Å². The smallest absolute Gasteiger partial charge is 0.253 e. The van der Waals surface area contributed by atoms with Crippen LogP contribution in [0.5, 0.6) is 0 Å². The fourth-order valence-electron chi connectivity index (χ4n) is 1.46. The number of carbonyl (C=O) groups is 1. The van der Waals surface area contributed by atoms with Crippen LogP contribution in [-0.4, -0.2) is 33.7 Å². The number of sulfonamides is 1. The van der Waals surface area contributed by atoms with Gasteiger partial charge in [0.2, 0.25) is 10.0 Å². The van der Waals surface area contributed by atoms with Crippen LogP contribution in [0.15, 0.2) is 24.3 Å². The molecule has 1 aromatic carbocycles. The van der Waals surface area contributed by atoms with Crippen LogP contribution >= 0.6 is 0 Å². The summed E-state index contributed by atoms with van der Waals surface area (Å²) in [6.45, 7) is 3.70. The van der Waals surface area contributed by atoms with E-state index in [0.29, 0.717) is 11.3 Å². The molecule has 0 spiro atoms. The van der Waals surface area contributed by atoms with Gasteiger partial charge in [0.15, 0.2) is 0 Å². The number of benzene rings is 1. The summed E-state index contributed by atoms with van der Waals surface area (Å²) in [5.74, 6) is -0.281. The Bertz CT molecular complexity index is 538. The molecule has 0 aliphatic rings. The highest BCUT2D eigenvalue weighted by Crippen LogP contribution is 2.21. The van der Waals surface area contributed by atoms with E-state index in [4.69, 9.17) is 0 Å². The maximum Gasteiger partial charge on any atom is 0.253 e. The minimum Gasteiger partial charge on any atom is -0.350 e. The molecule has 6 heteroatoms. The zero-order chi connectivity index (χ0) is 13.9. The van der Waals surface area contributed by atoms with Crippen molar-refractivity contribution in [2.75, 3.05) is 17.6 Å². The molecule has 1 amide bonds. The number of nitrogens with zero attached hydrogens (tertiary/aromatic N) is 1. The Labute approximate surface area is 108 Å². The summed E-state index contributed by atoms with van der Waals surface area (Å²) in [4.78, 5) is 12.0. The van der Waals surface area contributed by atoms with Crippen LogP contribution in [0.4, 0.5) is 5.69 Å². The van der Waals surface area contributed by atoms with Crippen LogP contribution in [-0.2, 0) is 10.0 Å². The van der Waals surface area contributed by atoms with Crippen LogP contribution in [0.3, 0.4) is 0 Å². The van der Waals surface area contributed by atoms with Crippen molar-refractivity contribution < 1.29 is 13.2 Å². The van der Waals surface area contributed by atoms with Crippen LogP contribution in [0.25, 0.3) is 0 Å². The summed E-state index contributed by atoms with van der Waals surface area (Å²) >= 11 is 0. The number of para-hydroxylation sites is 1. The molecule has 0 unspecified atom stereocenters. The Hall–Kier alpha value is -1.56. The average Bonchev–Trinajstić information content (AvgIpc) is 2.26. The molecule has 5 nitrogen and oxygen atoms in total. The second kappa shape index (κ2) is 5.39. The third-order valence-electron chi connectivity index (χ3n) is 2.41. The van der Waals surface area contributed by atoms with Crippen molar-refractivity contribution in [1.29, 1.82) is 0 Å². The lowest BCUT2D eigenvalue weighted by molar-refractivity contribution is 0.0944. The van der Waals surface area contributed by atoms with Gasteiger partial charge in [0.05, 0.1) is 17.5 Å². The summed E-state index contributed by atoms with van der Waals surface area (Å²) in [5, 5.41) is 2.75. The van der Waals surface area contributed by atoms with Gasteiger partial charge in [-0.1, -0.05) is 12.1 Å².